The molecule has 0 unspecified atom stereocenters. The number of hydrogen-bond acceptors (Lipinski definition) is 3. The zero-order valence-electron chi connectivity index (χ0n) is 13.0. The van der Waals surface area contributed by atoms with Gasteiger partial charge in [-0.05, 0) is 17.7 Å². The Morgan fingerprint density at radius 2 is 1.79 bits per heavy atom. The molecule has 1 aromatic heterocycles. The van der Waals surface area contributed by atoms with Crippen LogP contribution in [0.1, 0.15) is 5.56 Å². The van der Waals surface area contributed by atoms with Crippen LogP contribution in [-0.2, 0) is 11.2 Å². The van der Waals surface area contributed by atoms with Gasteiger partial charge < -0.3 is 15.1 Å². The molecule has 3 amide bonds. The molecule has 0 radical (unpaired) electrons. The summed E-state index contributed by atoms with van der Waals surface area (Å²) >= 11 is 5.85. The molecule has 8 heteroatoms. The summed E-state index contributed by atoms with van der Waals surface area (Å²) < 4.78 is 0. The minimum Gasteiger partial charge on any atom is -0.339 e. The van der Waals surface area contributed by atoms with Crippen molar-refractivity contribution in [3.63, 3.8) is 0 Å². The minimum absolute atomic E-state index is 0.0622. The van der Waals surface area contributed by atoms with Crippen LogP contribution in [0.25, 0.3) is 0 Å². The summed E-state index contributed by atoms with van der Waals surface area (Å²) in [5.41, 5.74) is 1.56. The van der Waals surface area contributed by atoms with Crippen molar-refractivity contribution < 1.29 is 9.59 Å². The Kier molecular flexibility index (Phi) is 5.00. The van der Waals surface area contributed by atoms with Crippen molar-refractivity contribution >= 4 is 29.2 Å². The van der Waals surface area contributed by atoms with Gasteiger partial charge in [-0.25, -0.2) is 4.79 Å². The molecule has 126 valence electrons. The van der Waals surface area contributed by atoms with E-state index in [0.717, 1.165) is 5.56 Å². The lowest BCUT2D eigenvalue weighted by molar-refractivity contribution is -0.131. The largest absolute Gasteiger partial charge is 0.339 e. The molecule has 2 N–H and O–H groups in total. The molecular formula is C16H18ClN5O2. The molecule has 0 atom stereocenters. The summed E-state index contributed by atoms with van der Waals surface area (Å²) in [4.78, 5) is 28.0. The van der Waals surface area contributed by atoms with Crippen molar-refractivity contribution in [1.82, 2.24) is 20.0 Å². The third-order valence-electron chi connectivity index (χ3n) is 3.94. The van der Waals surface area contributed by atoms with Gasteiger partial charge in [-0.15, -0.1) is 0 Å². The third kappa shape index (κ3) is 4.05. The molecule has 0 bridgehead atoms. The van der Waals surface area contributed by atoms with E-state index < -0.39 is 0 Å². The smallest absolute Gasteiger partial charge is 0.322 e. The van der Waals surface area contributed by atoms with E-state index in [1.54, 1.807) is 34.3 Å². The number of nitrogens with zero attached hydrogens (tertiary/aromatic N) is 3. The molecule has 7 nitrogen and oxygen atoms in total. The number of piperazine rings is 1. The van der Waals surface area contributed by atoms with E-state index in [1.165, 1.54) is 0 Å². The first-order valence-corrected chi connectivity index (χ1v) is 8.06. The summed E-state index contributed by atoms with van der Waals surface area (Å²) in [6.45, 7) is 2.09. The van der Waals surface area contributed by atoms with E-state index in [-0.39, 0.29) is 11.9 Å². The van der Waals surface area contributed by atoms with Gasteiger partial charge in [0.05, 0.1) is 18.3 Å². The number of halogens is 1. The maximum Gasteiger partial charge on any atom is 0.322 e. The minimum atomic E-state index is -0.179. The van der Waals surface area contributed by atoms with Crippen LogP contribution in [0, 0.1) is 0 Å². The van der Waals surface area contributed by atoms with Crippen molar-refractivity contribution in [3.05, 3.63) is 47.2 Å². The van der Waals surface area contributed by atoms with Crippen molar-refractivity contribution in [2.24, 2.45) is 0 Å². The van der Waals surface area contributed by atoms with Crippen LogP contribution in [0.2, 0.25) is 5.02 Å². The topological polar surface area (TPSA) is 81.3 Å². The number of anilines is 1. The molecule has 0 saturated carbocycles. The van der Waals surface area contributed by atoms with Crippen LogP contribution in [-0.4, -0.2) is 58.1 Å². The van der Waals surface area contributed by atoms with Gasteiger partial charge in [-0.3, -0.25) is 9.89 Å². The highest BCUT2D eigenvalue weighted by Crippen LogP contribution is 2.12. The molecular weight excluding hydrogens is 330 g/mol. The van der Waals surface area contributed by atoms with Crippen LogP contribution >= 0.6 is 11.6 Å². The maximum absolute atomic E-state index is 12.3. The van der Waals surface area contributed by atoms with E-state index in [0.29, 0.717) is 43.3 Å². The van der Waals surface area contributed by atoms with Crippen molar-refractivity contribution in [3.8, 4) is 0 Å². The fourth-order valence-electron chi connectivity index (χ4n) is 2.57. The third-order valence-corrected chi connectivity index (χ3v) is 4.19. The number of aromatic nitrogens is 2. The number of carbonyl (C=O) groups is 2. The lowest BCUT2D eigenvalue weighted by atomic mass is 10.1. The van der Waals surface area contributed by atoms with E-state index in [4.69, 9.17) is 11.6 Å². The van der Waals surface area contributed by atoms with Crippen LogP contribution < -0.4 is 5.32 Å². The first kappa shape index (κ1) is 16.3. The summed E-state index contributed by atoms with van der Waals surface area (Å²) in [5.74, 6) is 0.0622. The Balaban J connectivity index is 1.48. The molecule has 2 heterocycles. The predicted octanol–water partition coefficient (Wildman–Crippen LogP) is 1.98. The Morgan fingerprint density at radius 1 is 1.12 bits per heavy atom. The molecule has 1 aliphatic heterocycles. The highest BCUT2D eigenvalue weighted by molar-refractivity contribution is 6.30. The normalized spacial score (nSPS) is 14.5. The van der Waals surface area contributed by atoms with Gasteiger partial charge >= 0.3 is 6.03 Å². The summed E-state index contributed by atoms with van der Waals surface area (Å²) in [5, 5.41) is 9.84. The lowest BCUT2D eigenvalue weighted by Gasteiger charge is -2.34. The van der Waals surface area contributed by atoms with E-state index >= 15 is 0 Å². The Bertz CT molecular complexity index is 694. The predicted molar refractivity (Wildman–Crippen MR) is 90.9 cm³/mol. The van der Waals surface area contributed by atoms with Crippen LogP contribution in [0.15, 0.2) is 36.7 Å². The second-order valence-electron chi connectivity index (χ2n) is 5.59. The van der Waals surface area contributed by atoms with Gasteiger partial charge in [0, 0.05) is 37.4 Å². The van der Waals surface area contributed by atoms with E-state index in [2.05, 4.69) is 15.5 Å². The number of urea groups is 1. The molecule has 0 spiro atoms. The van der Waals surface area contributed by atoms with Crippen molar-refractivity contribution in [2.45, 2.75) is 6.42 Å². The standard InChI is InChI=1S/C16H18ClN5O2/c17-13-3-1-12(2-4-13)9-15(23)21-5-7-22(8-6-21)16(24)20-14-10-18-19-11-14/h1-4,10-11H,5-9H2,(H,18,19)(H,20,24). The number of carbonyl (C=O) groups excluding carboxylic acids is 2. The molecule has 1 saturated heterocycles. The second kappa shape index (κ2) is 7.35. The summed E-state index contributed by atoms with van der Waals surface area (Å²) in [6.07, 6.45) is 3.51. The number of nitrogens with one attached hydrogen (secondary N) is 2. The highest BCUT2D eigenvalue weighted by Gasteiger charge is 2.24. The fourth-order valence-corrected chi connectivity index (χ4v) is 2.70. The van der Waals surface area contributed by atoms with Crippen LogP contribution in [0.5, 0.6) is 0 Å². The molecule has 1 aliphatic rings. The first-order valence-electron chi connectivity index (χ1n) is 7.69. The van der Waals surface area contributed by atoms with Crippen molar-refractivity contribution in [1.29, 1.82) is 0 Å². The average molecular weight is 348 g/mol. The molecule has 24 heavy (non-hydrogen) atoms. The number of H-pyrrole nitrogens is 1. The molecule has 0 aliphatic carbocycles. The van der Waals surface area contributed by atoms with Gasteiger partial charge in [0.1, 0.15) is 0 Å². The van der Waals surface area contributed by atoms with Gasteiger partial charge in [0.2, 0.25) is 5.91 Å². The monoisotopic (exact) mass is 347 g/mol. The van der Waals surface area contributed by atoms with E-state index in [1.807, 2.05) is 12.1 Å². The Labute approximate surface area is 144 Å². The highest BCUT2D eigenvalue weighted by atomic mass is 35.5. The summed E-state index contributed by atoms with van der Waals surface area (Å²) in [7, 11) is 0. The van der Waals surface area contributed by atoms with Gasteiger partial charge in [-0.2, -0.15) is 5.10 Å². The number of benzene rings is 1. The number of amides is 3. The molecule has 3 rings (SSSR count). The van der Waals surface area contributed by atoms with Crippen LogP contribution in [0.4, 0.5) is 10.5 Å². The fraction of sp³-hybridized carbons (Fsp3) is 0.312. The first-order chi connectivity index (χ1) is 11.6. The number of rotatable bonds is 3. The maximum atomic E-state index is 12.3. The quantitative estimate of drug-likeness (QED) is 0.890. The SMILES string of the molecule is O=C(Cc1ccc(Cl)cc1)N1CCN(C(=O)Nc2cn[nH]c2)CC1. The van der Waals surface area contributed by atoms with Gasteiger partial charge in [0.15, 0.2) is 0 Å². The average Bonchev–Trinajstić information content (AvgIpc) is 3.10. The van der Waals surface area contributed by atoms with Crippen LogP contribution in [0.3, 0.4) is 0 Å². The van der Waals surface area contributed by atoms with Crippen molar-refractivity contribution in [2.75, 3.05) is 31.5 Å². The Morgan fingerprint density at radius 3 is 2.42 bits per heavy atom. The molecule has 1 fully saturated rings. The van der Waals surface area contributed by atoms with Gasteiger partial charge in [0.25, 0.3) is 0 Å². The molecule has 1 aromatic carbocycles. The summed E-state index contributed by atoms with van der Waals surface area (Å²) in [6, 6.07) is 7.09. The Hall–Kier alpha value is -2.54. The second-order valence-corrected chi connectivity index (χ2v) is 6.02. The zero-order valence-corrected chi connectivity index (χ0v) is 13.8. The molecule has 2 aromatic rings. The number of hydrogen-bond donors (Lipinski definition) is 2. The lowest BCUT2D eigenvalue weighted by Crippen LogP contribution is -2.52. The zero-order chi connectivity index (χ0) is 16.9. The number of aromatic amines is 1. The van der Waals surface area contributed by atoms with Gasteiger partial charge in [-0.1, -0.05) is 23.7 Å². The van der Waals surface area contributed by atoms with E-state index in [9.17, 15) is 9.59 Å².